The zero-order valence-corrected chi connectivity index (χ0v) is 30.6. The van der Waals surface area contributed by atoms with Crippen LogP contribution >= 0.6 is 107 Å². The number of carbonyl (C=O) groups is 2. The highest BCUT2D eigenvalue weighted by molar-refractivity contribution is 15.0. The first-order valence-electron chi connectivity index (χ1n) is 12.5. The number of fused-ring (bicyclic) bond motifs is 2. The molecule has 4 nitrogen and oxygen atoms in total. The van der Waals surface area contributed by atoms with Crippen molar-refractivity contribution < 1.29 is 9.59 Å². The third-order valence-corrected chi connectivity index (χ3v) is 11.2. The first kappa shape index (κ1) is 30.4. The van der Waals surface area contributed by atoms with Crippen LogP contribution in [0, 0.1) is 0 Å². The number of nitrogens with one attached hydrogen (secondary N) is 2. The second-order valence-corrected chi connectivity index (χ2v) is 13.9. The predicted molar refractivity (Wildman–Crippen MR) is 204 cm³/mol. The molecule has 0 spiro atoms. The molecule has 2 aliphatic heterocycles. The Kier molecular flexibility index (Phi) is 9.50. The van der Waals surface area contributed by atoms with E-state index < -0.39 is 0 Å². The Hall–Kier alpha value is -1.66. The van der Waals surface area contributed by atoms with Gasteiger partial charge in [-0.2, -0.15) is 0 Å². The average Bonchev–Trinajstić information content (AvgIpc) is 3.83. The van der Waals surface area contributed by atoms with E-state index >= 15 is 0 Å². The molecule has 2 N–H and O–H groups in total. The minimum Gasteiger partial charge on any atom is -0.344 e. The Morgan fingerprint density at radius 3 is 1.57 bits per heavy atom. The molecule has 0 saturated heterocycles. The fourth-order valence-electron chi connectivity index (χ4n) is 5.29. The molecule has 6 heterocycles. The maximum absolute atomic E-state index is 12.3. The van der Waals surface area contributed by atoms with Gasteiger partial charge in [0.25, 0.3) is 5.91 Å². The van der Waals surface area contributed by atoms with Crippen molar-refractivity contribution in [2.45, 2.75) is 12.8 Å². The van der Waals surface area contributed by atoms with E-state index in [-0.39, 0.29) is 11.7 Å². The molecule has 2 aliphatic carbocycles. The summed E-state index contributed by atoms with van der Waals surface area (Å²) in [5, 5.41) is 14.3. The van der Waals surface area contributed by atoms with E-state index in [1.807, 2.05) is 35.0 Å². The molecule has 0 unspecified atom stereocenters. The summed E-state index contributed by atoms with van der Waals surface area (Å²) in [7, 11) is 0. The lowest BCUT2D eigenvalue weighted by Crippen LogP contribution is -2.16. The fourth-order valence-corrected chi connectivity index (χ4v) is 8.99. The molecule has 1 amide bonds. The average molecular weight is 885 g/mol. The first-order chi connectivity index (χ1) is 20.5. The molecule has 8 rings (SSSR count). The van der Waals surface area contributed by atoms with Crippen LogP contribution in [0.15, 0.2) is 92.3 Å². The topological polar surface area (TPSA) is 58.2 Å². The summed E-state index contributed by atoms with van der Waals surface area (Å²) in [6.07, 6.45) is 1.16. The minimum absolute atomic E-state index is 0.0325. The van der Waals surface area contributed by atoms with Gasteiger partial charge in [0.1, 0.15) is 4.99 Å². The third-order valence-electron chi connectivity index (χ3n) is 6.94. The van der Waals surface area contributed by atoms with Gasteiger partial charge in [0.05, 0.1) is 32.3 Å². The van der Waals surface area contributed by atoms with Crippen molar-refractivity contribution >= 4 is 151 Å². The van der Waals surface area contributed by atoms with Gasteiger partial charge < -0.3 is 10.6 Å². The van der Waals surface area contributed by atoms with Crippen molar-refractivity contribution in [1.82, 2.24) is 10.6 Å². The van der Waals surface area contributed by atoms with Gasteiger partial charge in [-0.25, -0.2) is 0 Å². The number of halogens is 2. The highest BCUT2D eigenvalue weighted by atomic mass is 128. The molecule has 0 aromatic carbocycles. The van der Waals surface area contributed by atoms with Crippen molar-refractivity contribution in [3.05, 3.63) is 112 Å². The third kappa shape index (κ3) is 5.53. The fraction of sp³-hybridized carbons (Fsp3) is 0.0667. The molecular formula is C30H18I2N2O2S6. The Bertz CT molecular complexity index is 1570. The number of hydrogen-bond acceptors (Lipinski definition) is 8. The molecule has 210 valence electrons. The van der Waals surface area contributed by atoms with E-state index in [9.17, 15) is 9.59 Å². The normalized spacial score (nSPS) is 17.3. The number of carbonyl (C=O) groups excluding carboxylic acids is 2. The van der Waals surface area contributed by atoms with Gasteiger partial charge in [0.2, 0.25) is 0 Å². The molecule has 0 bridgehead atoms. The summed E-state index contributed by atoms with van der Waals surface area (Å²) in [5.41, 5.74) is 7.36. The van der Waals surface area contributed by atoms with Crippen LogP contribution < -0.4 is 10.6 Å². The van der Waals surface area contributed by atoms with E-state index in [1.54, 1.807) is 34.0 Å². The predicted octanol–water partition coefficient (Wildman–Crippen LogP) is 9.53. The lowest BCUT2D eigenvalue weighted by atomic mass is 10.1. The van der Waals surface area contributed by atoms with E-state index in [2.05, 4.69) is 82.9 Å². The summed E-state index contributed by atoms with van der Waals surface area (Å²) < 4.78 is 0. The van der Waals surface area contributed by atoms with Gasteiger partial charge in [-0.1, -0.05) is 48.7 Å². The smallest absolute Gasteiger partial charge is 0.256 e. The van der Waals surface area contributed by atoms with Gasteiger partial charge in [-0.3, -0.25) is 9.59 Å². The van der Waals surface area contributed by atoms with Gasteiger partial charge in [-0.15, -0.1) is 45.3 Å². The van der Waals surface area contributed by atoms with E-state index in [1.165, 1.54) is 26.7 Å². The van der Waals surface area contributed by atoms with Crippen LogP contribution in [0.25, 0.3) is 22.5 Å². The number of thiophene rings is 4. The van der Waals surface area contributed by atoms with Crippen molar-refractivity contribution in [1.29, 1.82) is 0 Å². The Labute approximate surface area is 292 Å². The maximum atomic E-state index is 12.3. The summed E-state index contributed by atoms with van der Waals surface area (Å²) in [4.78, 5) is 30.8. The quantitative estimate of drug-likeness (QED) is 0.158. The van der Waals surface area contributed by atoms with Gasteiger partial charge >= 0.3 is 0 Å². The summed E-state index contributed by atoms with van der Waals surface area (Å²) in [6, 6.07) is 16.1. The van der Waals surface area contributed by atoms with Crippen LogP contribution in [-0.2, 0) is 9.59 Å². The number of hydrogen-bond donors (Lipinski definition) is 2. The molecule has 4 aromatic rings. The molecule has 0 saturated carbocycles. The largest absolute Gasteiger partial charge is 0.344 e. The lowest BCUT2D eigenvalue weighted by molar-refractivity contribution is -0.116. The summed E-state index contributed by atoms with van der Waals surface area (Å²) in [5.74, 6) is -0.122. The van der Waals surface area contributed by atoms with Gasteiger partial charge in [0.15, 0.2) is 5.78 Å². The van der Waals surface area contributed by atoms with Crippen LogP contribution in [-0.4, -0.2) is 21.5 Å². The van der Waals surface area contributed by atoms with Gasteiger partial charge in [-0.05, 0) is 56.9 Å². The Morgan fingerprint density at radius 1 is 0.595 bits per heavy atom. The van der Waals surface area contributed by atoms with Crippen molar-refractivity contribution in [3.63, 3.8) is 0 Å². The number of thiocarbonyl (C=S) groups is 2. The van der Waals surface area contributed by atoms with Crippen molar-refractivity contribution in [2.24, 2.45) is 0 Å². The Balaban J connectivity index is 0.000000142. The highest BCUT2D eigenvalue weighted by Crippen LogP contribution is 2.45. The zero-order valence-electron chi connectivity index (χ0n) is 21.4. The first-order valence-corrected chi connectivity index (χ1v) is 23.1. The van der Waals surface area contributed by atoms with Crippen LogP contribution in [0.3, 0.4) is 0 Å². The van der Waals surface area contributed by atoms with Gasteiger partial charge in [0, 0.05) is 75.8 Å². The van der Waals surface area contributed by atoms with E-state index in [4.69, 9.17) is 24.4 Å². The van der Waals surface area contributed by atoms with Crippen LogP contribution in [0.4, 0.5) is 0 Å². The monoisotopic (exact) mass is 884 g/mol. The number of ketones is 1. The van der Waals surface area contributed by atoms with E-state index in [0.717, 1.165) is 48.4 Å². The molecule has 0 fully saturated rings. The molecule has 0 radical (unpaired) electrons. The minimum atomic E-state index is -0.155. The Morgan fingerprint density at radius 2 is 1.07 bits per heavy atom. The summed E-state index contributed by atoms with van der Waals surface area (Å²) in [6.45, 7) is 0. The van der Waals surface area contributed by atoms with Crippen LogP contribution in [0.5, 0.6) is 0 Å². The molecular weight excluding hydrogens is 867 g/mol. The van der Waals surface area contributed by atoms with Crippen molar-refractivity contribution in [3.8, 4) is 0 Å². The molecule has 4 aromatic heterocycles. The second kappa shape index (κ2) is 13.1. The van der Waals surface area contributed by atoms with Crippen molar-refractivity contribution in [2.75, 3.05) is 0 Å². The second-order valence-electron chi connectivity index (χ2n) is 9.22. The lowest BCUT2D eigenvalue weighted by Gasteiger charge is -2.04. The zero-order chi connectivity index (χ0) is 29.4. The summed E-state index contributed by atoms with van der Waals surface area (Å²) >= 11 is 22.0. The van der Waals surface area contributed by atoms with Crippen LogP contribution in [0.2, 0.25) is 0 Å². The highest BCUT2D eigenvalue weighted by Gasteiger charge is 2.41. The molecule has 42 heavy (non-hydrogen) atoms. The van der Waals surface area contributed by atoms with Crippen LogP contribution in [0.1, 0.15) is 32.4 Å². The molecule has 12 heteroatoms. The molecule has 0 atom stereocenters. The maximum Gasteiger partial charge on any atom is 0.256 e. The molecule has 4 aliphatic rings. The number of rotatable bonds is 4. The SMILES string of the molecule is II.O=C1CC(c2cccs2)=C2C(=O)NC(c3cccs3)=C12.S=C1CC(c2cccs2)=C2C(=S)NC(c3cccs3)=C12. The number of Topliss-reactive ketones (excluding diaryl/α,β-unsaturated/α-hetero) is 1. The number of allylic oxidation sites excluding steroid dienone is 2. The van der Waals surface area contributed by atoms with E-state index in [0.29, 0.717) is 23.3 Å². The standard InChI is InChI=1S/C15H9NO2S2.C15H9NS4.I2/c2*17-9-7-8(10-3-1-5-19-10)12-13(9)14(16-15(12)18)11-4-2-6-20-11;1-2/h2*1-6H,7H2,(H,16,18);. The number of amides is 1.